The normalized spacial score (nSPS) is 9.92. The lowest BCUT2D eigenvalue weighted by atomic mass is 10.2. The van der Waals surface area contributed by atoms with Crippen LogP contribution in [0, 0.1) is 0 Å². The van der Waals surface area contributed by atoms with Crippen LogP contribution in [0.5, 0.6) is 0 Å². The smallest absolute Gasteiger partial charge is 0.339 e. The first kappa shape index (κ1) is 10.2. The number of esters is 1. The van der Waals surface area contributed by atoms with Crippen LogP contribution in [0.4, 0.5) is 0 Å². The summed E-state index contributed by atoms with van der Waals surface area (Å²) >= 11 is 8.15. The number of thiophene rings is 1. The summed E-state index contributed by atoms with van der Waals surface area (Å²) in [6, 6.07) is 0. The van der Waals surface area contributed by atoms with Crippen LogP contribution < -0.4 is 0 Å². The first-order valence-corrected chi connectivity index (χ1v) is 5.90. The zero-order valence-corrected chi connectivity index (χ0v) is 10.3. The third-order valence-electron chi connectivity index (χ3n) is 1.38. The maximum absolute atomic E-state index is 11.1. The number of rotatable bonds is 2. The molecule has 12 heavy (non-hydrogen) atoms. The van der Waals surface area contributed by atoms with Gasteiger partial charge in [-0.15, -0.1) is 11.3 Å². The highest BCUT2D eigenvalue weighted by atomic mass is 79.9. The Hall–Kier alpha value is 0.130. The molecule has 0 aliphatic heterocycles. The highest BCUT2D eigenvalue weighted by Gasteiger charge is 2.15. The number of halogens is 2. The first-order chi connectivity index (χ1) is 5.70. The molecule has 0 aromatic carbocycles. The molecule has 0 aliphatic rings. The number of carbonyl (C=O) groups excluding carboxylic acids is 1. The summed E-state index contributed by atoms with van der Waals surface area (Å²) in [5.74, 6) is -0.286. The van der Waals surface area contributed by atoms with Gasteiger partial charge in [0.15, 0.2) is 0 Å². The van der Waals surface area contributed by atoms with Gasteiger partial charge >= 0.3 is 5.97 Å². The van der Waals surface area contributed by atoms with E-state index >= 15 is 0 Å². The molecule has 1 aromatic rings. The molecule has 0 amide bonds. The Morgan fingerprint density at radius 2 is 2.42 bits per heavy atom. The topological polar surface area (TPSA) is 26.3 Å². The van der Waals surface area contributed by atoms with Crippen molar-refractivity contribution in [2.24, 2.45) is 0 Å². The van der Waals surface area contributed by atoms with Gasteiger partial charge in [-0.05, 0) is 15.9 Å². The molecule has 0 saturated carbocycles. The highest BCUT2D eigenvalue weighted by molar-refractivity contribution is 9.11. The van der Waals surface area contributed by atoms with Gasteiger partial charge in [-0.1, -0.05) is 15.9 Å². The van der Waals surface area contributed by atoms with Gasteiger partial charge in [0, 0.05) is 16.3 Å². The second-order valence-electron chi connectivity index (χ2n) is 2.03. The van der Waals surface area contributed by atoms with Gasteiger partial charge in [-0.3, -0.25) is 0 Å². The van der Waals surface area contributed by atoms with Gasteiger partial charge in [0.05, 0.1) is 16.5 Å². The Morgan fingerprint density at radius 1 is 1.75 bits per heavy atom. The van der Waals surface area contributed by atoms with E-state index in [-0.39, 0.29) is 5.97 Å². The van der Waals surface area contributed by atoms with E-state index < -0.39 is 0 Å². The van der Waals surface area contributed by atoms with Crippen molar-refractivity contribution < 1.29 is 9.53 Å². The molecule has 0 bridgehead atoms. The van der Waals surface area contributed by atoms with E-state index in [0.29, 0.717) is 10.9 Å². The van der Waals surface area contributed by atoms with Crippen LogP contribution in [0.1, 0.15) is 15.9 Å². The molecular formula is C7H6Br2O2S. The van der Waals surface area contributed by atoms with Gasteiger partial charge in [-0.25, -0.2) is 4.79 Å². The predicted octanol–water partition coefficient (Wildman–Crippen LogP) is 3.19. The Bertz CT molecular complexity index is 296. The van der Waals surface area contributed by atoms with Crippen molar-refractivity contribution in [3.63, 3.8) is 0 Å². The van der Waals surface area contributed by atoms with Gasteiger partial charge in [0.1, 0.15) is 0 Å². The molecule has 0 spiro atoms. The number of hydrogen-bond donors (Lipinski definition) is 0. The van der Waals surface area contributed by atoms with Crippen LogP contribution >= 0.6 is 43.2 Å². The summed E-state index contributed by atoms with van der Waals surface area (Å²) in [5.41, 5.74) is 1.58. The van der Waals surface area contributed by atoms with E-state index in [1.807, 2.05) is 0 Å². The number of carbonyl (C=O) groups is 1. The molecule has 5 heteroatoms. The Morgan fingerprint density at radius 3 is 2.92 bits per heavy atom. The van der Waals surface area contributed by atoms with Crippen molar-refractivity contribution in [3.8, 4) is 0 Å². The second-order valence-corrected chi connectivity index (χ2v) is 4.79. The molecule has 0 N–H and O–H groups in total. The molecule has 0 radical (unpaired) electrons. The summed E-state index contributed by atoms with van der Waals surface area (Å²) in [4.78, 5) is 11.1. The van der Waals surface area contributed by atoms with Crippen LogP contribution in [-0.2, 0) is 10.1 Å². The standard InChI is InChI=1S/C7H6Br2O2S/c1-11-7(10)5-3-12-6(9)4(5)2-8/h3H,2H2,1H3. The lowest BCUT2D eigenvalue weighted by Crippen LogP contribution is -2.01. The van der Waals surface area contributed by atoms with Crippen molar-refractivity contribution in [2.75, 3.05) is 7.11 Å². The molecule has 66 valence electrons. The maximum atomic E-state index is 11.1. The quantitative estimate of drug-likeness (QED) is 0.619. The highest BCUT2D eigenvalue weighted by Crippen LogP contribution is 2.30. The third kappa shape index (κ3) is 1.89. The minimum atomic E-state index is -0.286. The SMILES string of the molecule is COC(=O)c1csc(Br)c1CBr. The molecule has 1 aromatic heterocycles. The fraction of sp³-hybridized carbons (Fsp3) is 0.286. The zero-order chi connectivity index (χ0) is 9.14. The van der Waals surface area contributed by atoms with Crippen molar-refractivity contribution in [3.05, 3.63) is 20.3 Å². The van der Waals surface area contributed by atoms with Crippen molar-refractivity contribution in [1.82, 2.24) is 0 Å². The molecule has 0 aliphatic carbocycles. The van der Waals surface area contributed by atoms with E-state index in [0.717, 1.165) is 9.35 Å². The monoisotopic (exact) mass is 312 g/mol. The summed E-state index contributed by atoms with van der Waals surface area (Å²) in [6.45, 7) is 0. The van der Waals surface area contributed by atoms with E-state index in [9.17, 15) is 4.79 Å². The second kappa shape index (κ2) is 4.39. The van der Waals surface area contributed by atoms with Crippen molar-refractivity contribution >= 4 is 49.2 Å². The lowest BCUT2D eigenvalue weighted by molar-refractivity contribution is 0.0600. The molecular weight excluding hydrogens is 308 g/mol. The Balaban J connectivity index is 3.07. The molecule has 0 unspecified atom stereocenters. The Labute approximate surface area is 91.2 Å². The van der Waals surface area contributed by atoms with E-state index in [4.69, 9.17) is 0 Å². The summed E-state index contributed by atoms with van der Waals surface area (Å²) in [5, 5.41) is 2.44. The average Bonchev–Trinajstić information content (AvgIpc) is 2.45. The van der Waals surface area contributed by atoms with Gasteiger partial charge < -0.3 is 4.74 Å². The zero-order valence-electron chi connectivity index (χ0n) is 6.27. The largest absolute Gasteiger partial charge is 0.465 e. The molecule has 0 atom stereocenters. The third-order valence-corrected chi connectivity index (χ3v) is 3.79. The average molecular weight is 314 g/mol. The van der Waals surface area contributed by atoms with Crippen molar-refractivity contribution in [2.45, 2.75) is 5.33 Å². The van der Waals surface area contributed by atoms with Crippen LogP contribution in [-0.4, -0.2) is 13.1 Å². The van der Waals surface area contributed by atoms with E-state index in [1.165, 1.54) is 18.4 Å². The van der Waals surface area contributed by atoms with E-state index in [1.54, 1.807) is 5.38 Å². The van der Waals surface area contributed by atoms with Crippen LogP contribution in [0.25, 0.3) is 0 Å². The molecule has 2 nitrogen and oxygen atoms in total. The molecule has 1 heterocycles. The fourth-order valence-corrected chi connectivity index (χ4v) is 3.33. The molecule has 1 rings (SSSR count). The van der Waals surface area contributed by atoms with Crippen molar-refractivity contribution in [1.29, 1.82) is 0 Å². The Kier molecular flexibility index (Phi) is 3.74. The summed E-state index contributed by atoms with van der Waals surface area (Å²) < 4.78 is 5.59. The minimum Gasteiger partial charge on any atom is -0.465 e. The summed E-state index contributed by atoms with van der Waals surface area (Å²) in [6.07, 6.45) is 0. The van der Waals surface area contributed by atoms with E-state index in [2.05, 4.69) is 36.6 Å². The number of ether oxygens (including phenoxy) is 1. The fourth-order valence-electron chi connectivity index (χ4n) is 0.765. The maximum Gasteiger partial charge on any atom is 0.339 e. The first-order valence-electron chi connectivity index (χ1n) is 3.10. The lowest BCUT2D eigenvalue weighted by Gasteiger charge is -1.98. The van der Waals surface area contributed by atoms with Gasteiger partial charge in [-0.2, -0.15) is 0 Å². The summed E-state index contributed by atoms with van der Waals surface area (Å²) in [7, 11) is 1.38. The number of hydrogen-bond acceptors (Lipinski definition) is 3. The number of alkyl halides is 1. The van der Waals surface area contributed by atoms with Crippen LogP contribution in [0.3, 0.4) is 0 Å². The molecule has 0 saturated heterocycles. The predicted molar refractivity (Wildman–Crippen MR) is 56.0 cm³/mol. The van der Waals surface area contributed by atoms with Gasteiger partial charge in [0.25, 0.3) is 0 Å². The van der Waals surface area contributed by atoms with Crippen LogP contribution in [0.2, 0.25) is 0 Å². The number of methoxy groups -OCH3 is 1. The van der Waals surface area contributed by atoms with Gasteiger partial charge in [0.2, 0.25) is 0 Å². The molecule has 0 fully saturated rings. The minimum absolute atomic E-state index is 0.286. The van der Waals surface area contributed by atoms with Crippen LogP contribution in [0.15, 0.2) is 9.17 Å².